The van der Waals surface area contributed by atoms with Crippen LogP contribution in [0.25, 0.3) is 0 Å². The van der Waals surface area contributed by atoms with Gasteiger partial charge < -0.3 is 9.64 Å². The van der Waals surface area contributed by atoms with Crippen molar-refractivity contribution in [3.63, 3.8) is 0 Å². The first kappa shape index (κ1) is 8.17. The zero-order chi connectivity index (χ0) is 9.38. The van der Waals surface area contributed by atoms with Gasteiger partial charge in [-0.1, -0.05) is 0 Å². The Morgan fingerprint density at radius 2 is 2.14 bits per heavy atom. The Labute approximate surface area is 82.9 Å². The predicted molar refractivity (Wildman–Crippen MR) is 51.0 cm³/mol. The van der Waals surface area contributed by atoms with Gasteiger partial charge in [0.15, 0.2) is 6.33 Å². The van der Waals surface area contributed by atoms with Crippen molar-refractivity contribution in [3.05, 3.63) is 18.6 Å². The minimum absolute atomic E-state index is 0.511. The number of nitrogens with zero attached hydrogens (tertiary/aromatic N) is 3. The highest BCUT2D eigenvalue weighted by molar-refractivity contribution is 5.42. The molecule has 2 fully saturated rings. The van der Waals surface area contributed by atoms with Crippen LogP contribution < -0.4 is 4.90 Å². The van der Waals surface area contributed by atoms with Crippen LogP contribution >= 0.6 is 0 Å². The monoisotopic (exact) mass is 190 g/mol. The van der Waals surface area contributed by atoms with Crippen LogP contribution in [-0.4, -0.2) is 35.3 Å². The van der Waals surface area contributed by atoms with Crippen LogP contribution in [0.1, 0.15) is 12.8 Å². The molecule has 1 radical (unpaired) electrons. The molecule has 2 unspecified atom stereocenters. The molecule has 4 heteroatoms. The molecule has 73 valence electrons. The number of rotatable bonds is 1. The molecule has 3 heterocycles. The molecule has 14 heavy (non-hydrogen) atoms. The van der Waals surface area contributed by atoms with Crippen LogP contribution in [0.4, 0.5) is 5.82 Å². The fraction of sp³-hybridized carbons (Fsp3) is 0.600. The third-order valence-corrected chi connectivity index (χ3v) is 3.03. The van der Waals surface area contributed by atoms with Crippen molar-refractivity contribution in [2.24, 2.45) is 0 Å². The molecule has 2 bridgehead atoms. The van der Waals surface area contributed by atoms with Gasteiger partial charge in [0.1, 0.15) is 5.82 Å². The molecular formula is C10H12N3O. The van der Waals surface area contributed by atoms with Crippen molar-refractivity contribution < 1.29 is 4.74 Å². The van der Waals surface area contributed by atoms with Gasteiger partial charge in [-0.25, -0.2) is 9.97 Å². The van der Waals surface area contributed by atoms with E-state index in [1.165, 1.54) is 12.8 Å². The predicted octanol–water partition coefficient (Wildman–Crippen LogP) is 0.644. The van der Waals surface area contributed by atoms with E-state index in [1.807, 2.05) is 6.07 Å². The maximum atomic E-state index is 5.51. The zero-order valence-corrected chi connectivity index (χ0v) is 7.89. The van der Waals surface area contributed by atoms with Crippen molar-refractivity contribution >= 4 is 5.82 Å². The summed E-state index contributed by atoms with van der Waals surface area (Å²) in [7, 11) is 0. The van der Waals surface area contributed by atoms with Crippen molar-refractivity contribution in [1.29, 1.82) is 0 Å². The van der Waals surface area contributed by atoms with Crippen LogP contribution in [-0.2, 0) is 4.74 Å². The Kier molecular flexibility index (Phi) is 1.87. The Bertz CT molecular complexity index is 300. The minimum Gasteiger partial charge on any atom is -0.377 e. The maximum Gasteiger partial charge on any atom is 0.199 e. The molecule has 2 aliphatic heterocycles. The summed E-state index contributed by atoms with van der Waals surface area (Å²) in [4.78, 5) is 10.4. The summed E-state index contributed by atoms with van der Waals surface area (Å²) in [5.74, 6) is 0.996. The van der Waals surface area contributed by atoms with E-state index in [9.17, 15) is 0 Å². The molecule has 0 saturated carbocycles. The van der Waals surface area contributed by atoms with Crippen molar-refractivity contribution in [2.45, 2.75) is 24.9 Å². The molecule has 0 aliphatic carbocycles. The average molecular weight is 190 g/mol. The van der Waals surface area contributed by atoms with E-state index in [0.717, 1.165) is 19.0 Å². The second-order valence-electron chi connectivity index (χ2n) is 3.84. The van der Waals surface area contributed by atoms with Crippen molar-refractivity contribution in [2.75, 3.05) is 18.1 Å². The Morgan fingerprint density at radius 3 is 2.79 bits per heavy atom. The Balaban J connectivity index is 1.92. The SMILES string of the molecule is [c]1nccc(N2C3CCC2COC3)n1. The van der Waals surface area contributed by atoms with E-state index >= 15 is 0 Å². The van der Waals surface area contributed by atoms with Gasteiger partial charge in [0.2, 0.25) is 0 Å². The van der Waals surface area contributed by atoms with E-state index in [-0.39, 0.29) is 0 Å². The van der Waals surface area contributed by atoms with Gasteiger partial charge in [-0.2, -0.15) is 0 Å². The topological polar surface area (TPSA) is 38.2 Å². The largest absolute Gasteiger partial charge is 0.377 e. The second kappa shape index (κ2) is 3.20. The van der Waals surface area contributed by atoms with Crippen molar-refractivity contribution in [1.82, 2.24) is 9.97 Å². The molecule has 0 N–H and O–H groups in total. The lowest BCUT2D eigenvalue weighted by atomic mass is 10.2. The van der Waals surface area contributed by atoms with Crippen LogP contribution in [0, 0.1) is 6.33 Å². The molecule has 2 aliphatic rings. The Hall–Kier alpha value is -1.16. The van der Waals surface area contributed by atoms with Crippen LogP contribution in [0.2, 0.25) is 0 Å². The molecule has 0 aromatic carbocycles. The summed E-state index contributed by atoms with van der Waals surface area (Å²) in [6.07, 6.45) is 6.83. The van der Waals surface area contributed by atoms with Gasteiger partial charge in [-0.3, -0.25) is 0 Å². The zero-order valence-electron chi connectivity index (χ0n) is 7.89. The molecular weight excluding hydrogens is 178 g/mol. The van der Waals surface area contributed by atoms with Gasteiger partial charge in [0, 0.05) is 6.20 Å². The fourth-order valence-corrected chi connectivity index (χ4v) is 2.40. The summed E-state index contributed by atoms with van der Waals surface area (Å²) < 4.78 is 5.51. The number of hydrogen-bond acceptors (Lipinski definition) is 4. The quantitative estimate of drug-likeness (QED) is 0.651. The lowest BCUT2D eigenvalue weighted by Crippen LogP contribution is -2.46. The first-order chi connectivity index (χ1) is 6.95. The van der Waals surface area contributed by atoms with Gasteiger partial charge >= 0.3 is 0 Å². The molecule has 3 rings (SSSR count). The number of anilines is 1. The van der Waals surface area contributed by atoms with Gasteiger partial charge in [0.25, 0.3) is 0 Å². The highest BCUT2D eigenvalue weighted by Gasteiger charge is 2.37. The summed E-state index contributed by atoms with van der Waals surface area (Å²) in [6.45, 7) is 1.67. The van der Waals surface area contributed by atoms with Gasteiger partial charge in [-0.05, 0) is 18.9 Å². The molecule has 1 aromatic heterocycles. The van der Waals surface area contributed by atoms with Gasteiger partial charge in [-0.15, -0.1) is 0 Å². The van der Waals surface area contributed by atoms with E-state index in [2.05, 4.69) is 21.2 Å². The molecule has 0 amide bonds. The number of aromatic nitrogens is 2. The van der Waals surface area contributed by atoms with E-state index in [1.54, 1.807) is 6.20 Å². The number of morpholine rings is 1. The standard InChI is InChI=1S/C10H12N3O/c1-2-9-6-14-5-8(1)13(9)10-3-4-11-7-12-10/h3-4,8-9H,1-2,5-6H2. The summed E-state index contributed by atoms with van der Waals surface area (Å²) in [5.41, 5.74) is 0. The first-order valence-corrected chi connectivity index (χ1v) is 5.00. The summed E-state index contributed by atoms with van der Waals surface area (Å²) in [6, 6.07) is 2.97. The normalized spacial score (nSPS) is 30.7. The van der Waals surface area contributed by atoms with Gasteiger partial charge in [0.05, 0.1) is 25.3 Å². The number of fused-ring (bicyclic) bond motifs is 2. The number of ether oxygens (including phenoxy) is 1. The fourth-order valence-electron chi connectivity index (χ4n) is 2.40. The van der Waals surface area contributed by atoms with Crippen molar-refractivity contribution in [3.8, 4) is 0 Å². The highest BCUT2D eigenvalue weighted by Crippen LogP contribution is 2.32. The smallest absolute Gasteiger partial charge is 0.199 e. The summed E-state index contributed by atoms with van der Waals surface area (Å²) in [5, 5.41) is 0. The van der Waals surface area contributed by atoms with Crippen LogP contribution in [0.5, 0.6) is 0 Å². The van der Waals surface area contributed by atoms with Crippen LogP contribution in [0.15, 0.2) is 12.3 Å². The molecule has 4 nitrogen and oxygen atoms in total. The third-order valence-electron chi connectivity index (χ3n) is 3.03. The molecule has 2 atom stereocenters. The lowest BCUT2D eigenvalue weighted by Gasteiger charge is -2.35. The molecule has 2 saturated heterocycles. The highest BCUT2D eigenvalue weighted by atomic mass is 16.5. The third kappa shape index (κ3) is 1.18. The van der Waals surface area contributed by atoms with Crippen LogP contribution in [0.3, 0.4) is 0 Å². The lowest BCUT2D eigenvalue weighted by molar-refractivity contribution is 0.0902. The van der Waals surface area contributed by atoms with E-state index in [4.69, 9.17) is 4.74 Å². The number of hydrogen-bond donors (Lipinski definition) is 0. The minimum atomic E-state index is 0.511. The average Bonchev–Trinajstić information content (AvgIpc) is 2.50. The van der Waals surface area contributed by atoms with E-state index in [0.29, 0.717) is 12.1 Å². The Morgan fingerprint density at radius 1 is 1.36 bits per heavy atom. The molecule has 0 spiro atoms. The first-order valence-electron chi connectivity index (χ1n) is 5.00. The summed E-state index contributed by atoms with van der Waals surface area (Å²) >= 11 is 0. The maximum absolute atomic E-state index is 5.51. The molecule has 1 aromatic rings. The second-order valence-corrected chi connectivity index (χ2v) is 3.84. The van der Waals surface area contributed by atoms with E-state index < -0.39 is 0 Å².